The van der Waals surface area contributed by atoms with E-state index in [0.717, 1.165) is 38.3 Å². The lowest BCUT2D eigenvalue weighted by Gasteiger charge is -2.53. The van der Waals surface area contributed by atoms with Gasteiger partial charge in [0.2, 0.25) is 0 Å². The number of nitrogens with zero attached hydrogens (tertiary/aromatic N) is 1. The summed E-state index contributed by atoms with van der Waals surface area (Å²) < 4.78 is 19.6. The minimum atomic E-state index is -0.0294. The zero-order chi connectivity index (χ0) is 12.9. The highest BCUT2D eigenvalue weighted by molar-refractivity contribution is 5.31. The molecule has 19 heavy (non-hydrogen) atoms. The second-order valence-corrected chi connectivity index (χ2v) is 6.32. The molecule has 2 fully saturated rings. The van der Waals surface area contributed by atoms with E-state index in [1.807, 2.05) is 6.07 Å². The zero-order valence-corrected chi connectivity index (χ0v) is 11.2. The Balaban J connectivity index is 1.57. The summed E-state index contributed by atoms with van der Waals surface area (Å²) in [5.74, 6) is -0.0294. The quantitative estimate of drug-likeness (QED) is 0.770. The molecule has 0 amide bonds. The van der Waals surface area contributed by atoms with Crippen LogP contribution < -0.4 is 0 Å². The molecule has 1 aromatic rings. The molecule has 1 saturated carbocycles. The van der Waals surface area contributed by atoms with Gasteiger partial charge in [-0.15, -0.1) is 0 Å². The van der Waals surface area contributed by atoms with Crippen molar-refractivity contribution in [3.8, 4) is 0 Å². The Labute approximate surface area is 113 Å². The summed E-state index contributed by atoms with van der Waals surface area (Å²) in [5, 5.41) is 0. The minimum absolute atomic E-state index is 0.0294. The van der Waals surface area contributed by atoms with Gasteiger partial charge in [-0.05, 0) is 37.3 Å². The summed E-state index contributed by atoms with van der Waals surface area (Å²) in [7, 11) is 0. The molecule has 2 aliphatic heterocycles. The first-order valence-electron chi connectivity index (χ1n) is 7.37. The van der Waals surface area contributed by atoms with Gasteiger partial charge < -0.3 is 4.74 Å². The van der Waals surface area contributed by atoms with Gasteiger partial charge in [0, 0.05) is 36.7 Å². The fourth-order valence-electron chi connectivity index (χ4n) is 4.16. The molecule has 1 aromatic carbocycles. The van der Waals surface area contributed by atoms with Crippen LogP contribution in [0.2, 0.25) is 0 Å². The highest BCUT2D eigenvalue weighted by atomic mass is 19.1. The van der Waals surface area contributed by atoms with Crippen LogP contribution in [-0.2, 0) is 17.7 Å². The fraction of sp³-hybridized carbons (Fsp3) is 0.625. The van der Waals surface area contributed by atoms with Crippen LogP contribution in [0.1, 0.15) is 30.4 Å². The second-order valence-electron chi connectivity index (χ2n) is 6.32. The molecule has 1 aliphatic carbocycles. The van der Waals surface area contributed by atoms with E-state index in [-0.39, 0.29) is 5.82 Å². The van der Waals surface area contributed by atoms with Crippen LogP contribution in [0.4, 0.5) is 4.39 Å². The van der Waals surface area contributed by atoms with Crippen molar-refractivity contribution < 1.29 is 9.13 Å². The number of hydrogen-bond donors (Lipinski definition) is 0. The van der Waals surface area contributed by atoms with Crippen LogP contribution in [-0.4, -0.2) is 30.7 Å². The van der Waals surface area contributed by atoms with Gasteiger partial charge in [0.05, 0.1) is 6.61 Å². The van der Waals surface area contributed by atoms with Crippen LogP contribution in [0.5, 0.6) is 0 Å². The molecule has 2 nitrogen and oxygen atoms in total. The smallest absolute Gasteiger partial charge is 0.127 e. The Morgan fingerprint density at radius 3 is 3.00 bits per heavy atom. The SMILES string of the molecule is Fc1cccc2c1CN([C@@H]1CC[C@]13CCOC3)CC2. The van der Waals surface area contributed by atoms with E-state index in [9.17, 15) is 4.39 Å². The van der Waals surface area contributed by atoms with Gasteiger partial charge in [-0.2, -0.15) is 0 Å². The van der Waals surface area contributed by atoms with Crippen molar-refractivity contribution in [2.24, 2.45) is 5.41 Å². The standard InChI is InChI=1S/C16H20FNO/c17-14-3-1-2-12-5-8-18(10-13(12)14)15-4-6-16(15)7-9-19-11-16/h1-3,15H,4-11H2/t15-,16-/m1/s1. The van der Waals surface area contributed by atoms with Crippen molar-refractivity contribution in [3.05, 3.63) is 35.1 Å². The van der Waals surface area contributed by atoms with Gasteiger partial charge in [-0.3, -0.25) is 4.90 Å². The first-order chi connectivity index (χ1) is 9.28. The van der Waals surface area contributed by atoms with Gasteiger partial charge in [-0.25, -0.2) is 4.39 Å². The van der Waals surface area contributed by atoms with Crippen molar-refractivity contribution in [2.45, 2.75) is 38.3 Å². The lowest BCUT2D eigenvalue weighted by molar-refractivity contribution is -0.0391. The Bertz CT molecular complexity index is 496. The molecule has 0 N–H and O–H groups in total. The normalized spacial score (nSPS) is 34.3. The Hall–Kier alpha value is -0.930. The molecule has 3 aliphatic rings. The third-order valence-corrected chi connectivity index (χ3v) is 5.44. The summed E-state index contributed by atoms with van der Waals surface area (Å²) in [6, 6.07) is 6.12. The molecule has 2 atom stereocenters. The second kappa shape index (κ2) is 4.29. The molecule has 102 valence electrons. The van der Waals surface area contributed by atoms with Gasteiger partial charge in [0.1, 0.15) is 5.82 Å². The largest absolute Gasteiger partial charge is 0.381 e. The summed E-state index contributed by atoms with van der Waals surface area (Å²) >= 11 is 0. The van der Waals surface area contributed by atoms with Crippen molar-refractivity contribution in [1.29, 1.82) is 0 Å². The molecule has 0 aromatic heterocycles. The van der Waals surface area contributed by atoms with E-state index in [1.165, 1.54) is 24.8 Å². The highest BCUT2D eigenvalue weighted by Crippen LogP contribution is 2.50. The molecule has 1 spiro atoms. The minimum Gasteiger partial charge on any atom is -0.381 e. The predicted octanol–water partition coefficient (Wildman–Crippen LogP) is 2.75. The van der Waals surface area contributed by atoms with E-state index < -0.39 is 0 Å². The molecule has 2 heterocycles. The summed E-state index contributed by atoms with van der Waals surface area (Å²) in [4.78, 5) is 2.50. The fourth-order valence-corrected chi connectivity index (χ4v) is 4.16. The third kappa shape index (κ3) is 1.75. The Morgan fingerprint density at radius 2 is 2.26 bits per heavy atom. The Kier molecular flexibility index (Phi) is 2.68. The third-order valence-electron chi connectivity index (χ3n) is 5.44. The summed E-state index contributed by atoms with van der Waals surface area (Å²) in [6.07, 6.45) is 4.73. The maximum atomic E-state index is 13.9. The number of benzene rings is 1. The van der Waals surface area contributed by atoms with Crippen LogP contribution in [0, 0.1) is 11.2 Å². The van der Waals surface area contributed by atoms with E-state index in [1.54, 1.807) is 6.07 Å². The van der Waals surface area contributed by atoms with Gasteiger partial charge >= 0.3 is 0 Å². The molecule has 0 unspecified atom stereocenters. The van der Waals surface area contributed by atoms with E-state index in [4.69, 9.17) is 4.74 Å². The monoisotopic (exact) mass is 261 g/mol. The predicted molar refractivity (Wildman–Crippen MR) is 71.4 cm³/mol. The van der Waals surface area contributed by atoms with Gasteiger partial charge in [-0.1, -0.05) is 12.1 Å². The lowest BCUT2D eigenvalue weighted by atomic mass is 9.63. The van der Waals surface area contributed by atoms with Crippen molar-refractivity contribution >= 4 is 0 Å². The lowest BCUT2D eigenvalue weighted by Crippen LogP contribution is -2.56. The summed E-state index contributed by atoms with van der Waals surface area (Å²) in [6.45, 7) is 3.69. The number of halogens is 1. The number of rotatable bonds is 1. The first-order valence-corrected chi connectivity index (χ1v) is 7.37. The summed E-state index contributed by atoms with van der Waals surface area (Å²) in [5.41, 5.74) is 2.52. The number of fused-ring (bicyclic) bond motifs is 1. The average molecular weight is 261 g/mol. The first kappa shape index (κ1) is 11.9. The highest BCUT2D eigenvalue weighted by Gasteiger charge is 2.51. The van der Waals surface area contributed by atoms with E-state index >= 15 is 0 Å². The topological polar surface area (TPSA) is 12.5 Å². The van der Waals surface area contributed by atoms with Crippen LogP contribution >= 0.6 is 0 Å². The van der Waals surface area contributed by atoms with E-state index in [0.29, 0.717) is 11.5 Å². The van der Waals surface area contributed by atoms with E-state index in [2.05, 4.69) is 11.0 Å². The van der Waals surface area contributed by atoms with Gasteiger partial charge in [0.15, 0.2) is 0 Å². The van der Waals surface area contributed by atoms with Crippen molar-refractivity contribution in [3.63, 3.8) is 0 Å². The zero-order valence-electron chi connectivity index (χ0n) is 11.2. The van der Waals surface area contributed by atoms with Gasteiger partial charge in [0.25, 0.3) is 0 Å². The number of hydrogen-bond acceptors (Lipinski definition) is 2. The van der Waals surface area contributed by atoms with Crippen molar-refractivity contribution in [1.82, 2.24) is 4.90 Å². The number of ether oxygens (including phenoxy) is 1. The molecular formula is C16H20FNO. The van der Waals surface area contributed by atoms with Crippen LogP contribution in [0.15, 0.2) is 18.2 Å². The maximum Gasteiger partial charge on any atom is 0.127 e. The molecule has 0 radical (unpaired) electrons. The molecule has 1 saturated heterocycles. The molecule has 0 bridgehead atoms. The average Bonchev–Trinajstić information content (AvgIpc) is 2.90. The molecular weight excluding hydrogens is 241 g/mol. The van der Waals surface area contributed by atoms with Crippen molar-refractivity contribution in [2.75, 3.05) is 19.8 Å². The molecule has 3 heteroatoms. The Morgan fingerprint density at radius 1 is 1.32 bits per heavy atom. The van der Waals surface area contributed by atoms with Crippen LogP contribution in [0.25, 0.3) is 0 Å². The maximum absolute atomic E-state index is 13.9. The van der Waals surface area contributed by atoms with Crippen LogP contribution in [0.3, 0.4) is 0 Å². The molecule has 4 rings (SSSR count).